The van der Waals surface area contributed by atoms with Crippen LogP contribution in [0.4, 0.5) is 5.69 Å². The number of halogens is 1. The number of hydrogen-bond acceptors (Lipinski definition) is 2. The molecular weight excluding hydrogens is 280 g/mol. The molecule has 1 aromatic heterocycles. The highest BCUT2D eigenvalue weighted by atomic mass is 35.5. The van der Waals surface area contributed by atoms with E-state index in [9.17, 15) is 0 Å². The Morgan fingerprint density at radius 2 is 2.24 bits per heavy atom. The number of aryl methyl sites for hydroxylation is 1. The lowest BCUT2D eigenvalue weighted by Crippen LogP contribution is -2.29. The van der Waals surface area contributed by atoms with Gasteiger partial charge < -0.3 is 5.32 Å². The minimum atomic E-state index is 0.311. The molecule has 106 valence electrons. The predicted molar refractivity (Wildman–Crippen MR) is 86.8 cm³/mol. The van der Waals surface area contributed by atoms with Gasteiger partial charge in [0, 0.05) is 29.0 Å². The molecule has 0 saturated carbocycles. The first kappa shape index (κ1) is 12.9. The topological polar surface area (TPSA) is 24.9 Å². The van der Waals surface area contributed by atoms with Crippen LogP contribution in [0.1, 0.15) is 35.1 Å². The summed E-state index contributed by atoms with van der Waals surface area (Å²) in [5.74, 6) is 0.989. The van der Waals surface area contributed by atoms with Crippen molar-refractivity contribution >= 4 is 17.3 Å². The summed E-state index contributed by atoms with van der Waals surface area (Å²) in [6, 6.07) is 8.64. The molecule has 1 aromatic carbocycles. The molecule has 21 heavy (non-hydrogen) atoms. The zero-order chi connectivity index (χ0) is 14.4. The average molecular weight is 297 g/mol. The Morgan fingerprint density at radius 3 is 3.05 bits per heavy atom. The molecule has 0 saturated heterocycles. The number of nitrogens with zero attached hydrogens (tertiary/aromatic N) is 1. The second kappa shape index (κ2) is 4.88. The molecule has 3 atom stereocenters. The Balaban J connectivity index is 1.84. The molecular formula is C18H17ClN2. The standard InChI is InChI=1S/C18H17ClN2/c1-11-8-13(19)9-16-14-5-2-6-15(14)18(21-17(11)16)12-4-3-7-20-10-12/h2-5,7-10,14-15,18,21H,6H2,1H3/t14?,15?,18-/m1/s1. The van der Waals surface area contributed by atoms with Crippen LogP contribution in [-0.4, -0.2) is 4.98 Å². The summed E-state index contributed by atoms with van der Waals surface area (Å²) in [5.41, 5.74) is 5.04. The van der Waals surface area contributed by atoms with E-state index in [1.807, 2.05) is 24.5 Å². The molecule has 3 heteroatoms. The number of benzene rings is 1. The first-order chi connectivity index (χ1) is 10.2. The number of allylic oxidation sites excluding steroid dienone is 2. The molecule has 2 aliphatic rings. The molecule has 0 bridgehead atoms. The molecule has 2 heterocycles. The number of nitrogens with one attached hydrogen (secondary N) is 1. The van der Waals surface area contributed by atoms with Gasteiger partial charge >= 0.3 is 0 Å². The Labute approximate surface area is 129 Å². The maximum Gasteiger partial charge on any atom is 0.0569 e. The van der Waals surface area contributed by atoms with Gasteiger partial charge in [-0.15, -0.1) is 0 Å². The SMILES string of the molecule is Cc1cc(Cl)cc2c1N[C@H](c1cccnc1)C1CC=CC21. The van der Waals surface area contributed by atoms with Crippen LogP contribution >= 0.6 is 11.6 Å². The molecule has 0 amide bonds. The molecule has 1 N–H and O–H groups in total. The van der Waals surface area contributed by atoms with Crippen molar-refractivity contribution in [1.29, 1.82) is 0 Å². The van der Waals surface area contributed by atoms with Crippen LogP contribution in [0.15, 0.2) is 48.8 Å². The first-order valence-electron chi connectivity index (χ1n) is 7.37. The lowest BCUT2D eigenvalue weighted by Gasteiger charge is -2.38. The fraction of sp³-hybridized carbons (Fsp3) is 0.278. The van der Waals surface area contributed by atoms with Gasteiger partial charge in [0.2, 0.25) is 0 Å². The van der Waals surface area contributed by atoms with Crippen molar-refractivity contribution in [3.05, 3.63) is 70.5 Å². The monoisotopic (exact) mass is 296 g/mol. The first-order valence-corrected chi connectivity index (χ1v) is 7.75. The van der Waals surface area contributed by atoms with Crippen LogP contribution in [0.3, 0.4) is 0 Å². The zero-order valence-corrected chi connectivity index (χ0v) is 12.6. The summed E-state index contributed by atoms with van der Waals surface area (Å²) in [4.78, 5) is 4.29. The number of anilines is 1. The summed E-state index contributed by atoms with van der Waals surface area (Å²) >= 11 is 6.26. The van der Waals surface area contributed by atoms with Crippen molar-refractivity contribution in [2.75, 3.05) is 5.32 Å². The minimum absolute atomic E-state index is 0.311. The van der Waals surface area contributed by atoms with E-state index in [2.05, 4.69) is 41.5 Å². The van der Waals surface area contributed by atoms with Crippen LogP contribution < -0.4 is 5.32 Å². The quantitative estimate of drug-likeness (QED) is 0.759. The molecule has 2 unspecified atom stereocenters. The van der Waals surface area contributed by atoms with Gasteiger partial charge in [-0.3, -0.25) is 4.98 Å². The largest absolute Gasteiger partial charge is 0.377 e. The molecule has 2 aromatic rings. The van der Waals surface area contributed by atoms with E-state index < -0.39 is 0 Å². The van der Waals surface area contributed by atoms with Gasteiger partial charge in [-0.2, -0.15) is 0 Å². The van der Waals surface area contributed by atoms with Crippen LogP contribution in [0.5, 0.6) is 0 Å². The number of rotatable bonds is 1. The van der Waals surface area contributed by atoms with Gasteiger partial charge in [-0.05, 0) is 54.2 Å². The van der Waals surface area contributed by atoms with Crippen molar-refractivity contribution < 1.29 is 0 Å². The Morgan fingerprint density at radius 1 is 1.33 bits per heavy atom. The van der Waals surface area contributed by atoms with Gasteiger partial charge in [-0.25, -0.2) is 0 Å². The van der Waals surface area contributed by atoms with E-state index in [0.717, 1.165) is 11.4 Å². The molecule has 0 radical (unpaired) electrons. The maximum atomic E-state index is 6.26. The van der Waals surface area contributed by atoms with Crippen LogP contribution in [0.25, 0.3) is 0 Å². The fourth-order valence-corrected chi connectivity index (χ4v) is 4.01. The van der Waals surface area contributed by atoms with E-state index in [0.29, 0.717) is 17.9 Å². The number of aromatic nitrogens is 1. The average Bonchev–Trinajstić information content (AvgIpc) is 2.97. The van der Waals surface area contributed by atoms with Crippen molar-refractivity contribution in [3.8, 4) is 0 Å². The van der Waals surface area contributed by atoms with Crippen LogP contribution in [-0.2, 0) is 0 Å². The summed E-state index contributed by atoms with van der Waals surface area (Å²) in [7, 11) is 0. The zero-order valence-electron chi connectivity index (χ0n) is 11.9. The highest BCUT2D eigenvalue weighted by Gasteiger charge is 2.38. The van der Waals surface area contributed by atoms with Gasteiger partial charge in [0.05, 0.1) is 6.04 Å². The Kier molecular flexibility index (Phi) is 3.00. The second-order valence-corrected chi connectivity index (χ2v) is 6.39. The Hall–Kier alpha value is -1.80. The molecule has 4 rings (SSSR count). The van der Waals surface area contributed by atoms with Crippen molar-refractivity contribution in [2.45, 2.75) is 25.3 Å². The molecule has 1 aliphatic heterocycles. The fourth-order valence-electron chi connectivity index (χ4n) is 3.73. The molecule has 2 nitrogen and oxygen atoms in total. The third-order valence-corrected chi connectivity index (χ3v) is 4.89. The van der Waals surface area contributed by atoms with Crippen molar-refractivity contribution in [3.63, 3.8) is 0 Å². The van der Waals surface area contributed by atoms with Gasteiger partial charge in [-0.1, -0.05) is 29.8 Å². The number of hydrogen-bond donors (Lipinski definition) is 1. The number of fused-ring (bicyclic) bond motifs is 3. The van der Waals surface area contributed by atoms with E-state index >= 15 is 0 Å². The van der Waals surface area contributed by atoms with Gasteiger partial charge in [0.15, 0.2) is 0 Å². The molecule has 0 spiro atoms. The lowest BCUT2D eigenvalue weighted by molar-refractivity contribution is 0.424. The minimum Gasteiger partial charge on any atom is -0.377 e. The molecule has 1 aliphatic carbocycles. The summed E-state index contributed by atoms with van der Waals surface area (Å²) in [5, 5.41) is 4.57. The third kappa shape index (κ3) is 2.06. The summed E-state index contributed by atoms with van der Waals surface area (Å²) < 4.78 is 0. The van der Waals surface area contributed by atoms with E-state index in [-0.39, 0.29) is 0 Å². The van der Waals surface area contributed by atoms with Crippen molar-refractivity contribution in [1.82, 2.24) is 4.98 Å². The number of pyridine rings is 1. The molecule has 0 fully saturated rings. The van der Waals surface area contributed by atoms with E-state index in [4.69, 9.17) is 11.6 Å². The van der Waals surface area contributed by atoms with E-state index in [1.54, 1.807) is 0 Å². The lowest BCUT2D eigenvalue weighted by atomic mass is 9.76. The van der Waals surface area contributed by atoms with Crippen molar-refractivity contribution in [2.24, 2.45) is 5.92 Å². The highest BCUT2D eigenvalue weighted by Crippen LogP contribution is 2.51. The van der Waals surface area contributed by atoms with Crippen LogP contribution in [0, 0.1) is 12.8 Å². The summed E-state index contributed by atoms with van der Waals surface area (Å²) in [6.07, 6.45) is 9.54. The van der Waals surface area contributed by atoms with E-state index in [1.165, 1.54) is 22.4 Å². The smallest absolute Gasteiger partial charge is 0.0569 e. The highest BCUT2D eigenvalue weighted by molar-refractivity contribution is 6.30. The van der Waals surface area contributed by atoms with Gasteiger partial charge in [0.25, 0.3) is 0 Å². The second-order valence-electron chi connectivity index (χ2n) is 5.95. The van der Waals surface area contributed by atoms with Gasteiger partial charge in [0.1, 0.15) is 0 Å². The normalized spacial score (nSPS) is 26.1. The Bertz CT molecular complexity index is 709. The van der Waals surface area contributed by atoms with Crippen LogP contribution in [0.2, 0.25) is 5.02 Å². The maximum absolute atomic E-state index is 6.26. The third-order valence-electron chi connectivity index (χ3n) is 4.67. The summed E-state index contributed by atoms with van der Waals surface area (Å²) in [6.45, 7) is 2.12. The predicted octanol–water partition coefficient (Wildman–Crippen LogP) is 4.87.